The number of carbonyl (C=O) groups excluding carboxylic acids is 1. The van der Waals surface area contributed by atoms with Crippen molar-refractivity contribution in [2.45, 2.75) is 66.5 Å². The van der Waals surface area contributed by atoms with Crippen LogP contribution in [0.2, 0.25) is 0 Å². The maximum atomic E-state index is 12.7. The van der Waals surface area contributed by atoms with Gasteiger partial charge in [-0.05, 0) is 39.5 Å². The minimum atomic E-state index is -0.345. The van der Waals surface area contributed by atoms with Crippen LogP contribution >= 0.6 is 0 Å². The highest BCUT2D eigenvalue weighted by molar-refractivity contribution is 5.79. The van der Waals surface area contributed by atoms with Crippen molar-refractivity contribution in [3.63, 3.8) is 0 Å². The molecule has 1 fully saturated rings. The number of amides is 1. The van der Waals surface area contributed by atoms with Crippen LogP contribution in [0.25, 0.3) is 0 Å². The van der Waals surface area contributed by atoms with Gasteiger partial charge in [0.15, 0.2) is 0 Å². The molecule has 0 aliphatic carbocycles. The Kier molecular flexibility index (Phi) is 5.84. The smallest absolute Gasteiger partial charge is 0.227 e. The van der Waals surface area contributed by atoms with Crippen LogP contribution in [0, 0.1) is 25.7 Å². The summed E-state index contributed by atoms with van der Waals surface area (Å²) in [5.41, 5.74) is 3.13. The molecule has 1 N–H and O–H groups in total. The molecule has 0 bridgehead atoms. The van der Waals surface area contributed by atoms with Gasteiger partial charge < -0.3 is 10.0 Å². The van der Waals surface area contributed by atoms with E-state index in [-0.39, 0.29) is 17.9 Å². The van der Waals surface area contributed by atoms with E-state index in [1.807, 2.05) is 23.4 Å². The molecule has 1 aromatic rings. The number of hydrogen-bond donors (Lipinski definition) is 1. The van der Waals surface area contributed by atoms with Crippen molar-refractivity contribution in [3.8, 4) is 0 Å². The van der Waals surface area contributed by atoms with E-state index in [4.69, 9.17) is 0 Å². The van der Waals surface area contributed by atoms with Crippen molar-refractivity contribution < 1.29 is 9.90 Å². The summed E-state index contributed by atoms with van der Waals surface area (Å²) < 4.78 is 2.03. The molecule has 0 saturated carbocycles. The summed E-state index contributed by atoms with van der Waals surface area (Å²) in [7, 11) is 0. The lowest BCUT2D eigenvalue weighted by molar-refractivity contribution is -0.133. The molecule has 1 aromatic heterocycles. The number of nitrogens with zero attached hydrogens (tertiary/aromatic N) is 3. The summed E-state index contributed by atoms with van der Waals surface area (Å²) in [5, 5.41) is 14.4. The van der Waals surface area contributed by atoms with Crippen LogP contribution < -0.4 is 0 Å². The molecular weight excluding hydrogens is 290 g/mol. The van der Waals surface area contributed by atoms with E-state index in [1.54, 1.807) is 0 Å². The number of likely N-dealkylation sites (tertiary alicyclic amines) is 1. The highest BCUT2D eigenvalue weighted by Gasteiger charge is 2.27. The Morgan fingerprint density at radius 1 is 1.35 bits per heavy atom. The van der Waals surface area contributed by atoms with Gasteiger partial charge in [-0.25, -0.2) is 0 Å². The SMILES string of the molecule is Cc1nn(CC(C)C)c(C)c1CC(=O)N1CCCC(C(C)O)C1. The molecule has 2 rings (SSSR count). The predicted octanol–water partition coefficient (Wildman–Crippen LogP) is 2.32. The molecule has 23 heavy (non-hydrogen) atoms. The Labute approximate surface area is 139 Å². The third-order valence-corrected chi connectivity index (χ3v) is 4.89. The van der Waals surface area contributed by atoms with Crippen molar-refractivity contribution in [1.29, 1.82) is 0 Å². The van der Waals surface area contributed by atoms with Crippen molar-refractivity contribution in [1.82, 2.24) is 14.7 Å². The summed E-state index contributed by atoms with van der Waals surface area (Å²) in [5.74, 6) is 0.898. The lowest BCUT2D eigenvalue weighted by Crippen LogP contribution is -2.43. The Morgan fingerprint density at radius 3 is 2.65 bits per heavy atom. The second kappa shape index (κ2) is 7.47. The van der Waals surface area contributed by atoms with Crippen molar-refractivity contribution in [2.24, 2.45) is 11.8 Å². The number of aliphatic hydroxyl groups is 1. The quantitative estimate of drug-likeness (QED) is 0.905. The lowest BCUT2D eigenvalue weighted by atomic mass is 9.93. The molecule has 1 aliphatic rings. The first kappa shape index (κ1) is 18.0. The molecule has 5 nitrogen and oxygen atoms in total. The largest absolute Gasteiger partial charge is 0.393 e. The number of piperidine rings is 1. The highest BCUT2D eigenvalue weighted by atomic mass is 16.3. The van der Waals surface area contributed by atoms with Crippen LogP contribution in [0.3, 0.4) is 0 Å². The molecule has 0 aromatic carbocycles. The second-order valence-electron chi connectivity index (χ2n) is 7.38. The number of rotatable bonds is 5. The normalized spacial score (nSPS) is 20.1. The van der Waals surface area contributed by atoms with Gasteiger partial charge in [0.2, 0.25) is 5.91 Å². The van der Waals surface area contributed by atoms with E-state index >= 15 is 0 Å². The topological polar surface area (TPSA) is 58.4 Å². The van der Waals surface area contributed by atoms with Crippen molar-refractivity contribution >= 4 is 5.91 Å². The molecule has 0 spiro atoms. The summed E-state index contributed by atoms with van der Waals surface area (Å²) in [6.45, 7) is 12.6. The minimum Gasteiger partial charge on any atom is -0.393 e. The van der Waals surface area contributed by atoms with Gasteiger partial charge in [-0.15, -0.1) is 0 Å². The highest BCUT2D eigenvalue weighted by Crippen LogP contribution is 2.22. The maximum Gasteiger partial charge on any atom is 0.227 e. The summed E-state index contributed by atoms with van der Waals surface area (Å²) in [6, 6.07) is 0. The summed E-state index contributed by atoms with van der Waals surface area (Å²) >= 11 is 0. The molecular formula is C18H31N3O2. The average molecular weight is 321 g/mol. The zero-order valence-corrected chi connectivity index (χ0v) is 15.2. The molecule has 1 aliphatic heterocycles. The van der Waals surface area contributed by atoms with Crippen LogP contribution in [0.4, 0.5) is 0 Å². The van der Waals surface area contributed by atoms with Gasteiger partial charge in [-0.1, -0.05) is 13.8 Å². The van der Waals surface area contributed by atoms with Crippen molar-refractivity contribution in [3.05, 3.63) is 17.0 Å². The standard InChI is InChI=1S/C18H31N3O2/c1-12(2)10-21-14(4)17(13(3)19-21)9-18(23)20-8-6-7-16(11-20)15(5)22/h12,15-16,22H,6-11H2,1-5H3. The molecule has 2 atom stereocenters. The molecule has 2 heterocycles. The van der Waals surface area contributed by atoms with Gasteiger partial charge in [-0.3, -0.25) is 9.48 Å². The third-order valence-electron chi connectivity index (χ3n) is 4.89. The Hall–Kier alpha value is -1.36. The first-order valence-corrected chi connectivity index (χ1v) is 8.78. The molecule has 1 amide bonds. The molecule has 2 unspecified atom stereocenters. The van der Waals surface area contributed by atoms with E-state index in [1.165, 1.54) is 0 Å². The van der Waals surface area contributed by atoms with Crippen LogP contribution in [-0.2, 0) is 17.8 Å². The van der Waals surface area contributed by atoms with E-state index in [9.17, 15) is 9.90 Å². The first-order chi connectivity index (χ1) is 10.8. The summed E-state index contributed by atoms with van der Waals surface area (Å²) in [4.78, 5) is 14.6. The van der Waals surface area contributed by atoms with Crippen LogP contribution in [0.1, 0.15) is 50.6 Å². The van der Waals surface area contributed by atoms with E-state index in [0.717, 1.165) is 42.9 Å². The molecule has 1 saturated heterocycles. The summed E-state index contributed by atoms with van der Waals surface area (Å²) in [6.07, 6.45) is 2.06. The monoisotopic (exact) mass is 321 g/mol. The van der Waals surface area contributed by atoms with Crippen molar-refractivity contribution in [2.75, 3.05) is 13.1 Å². The fourth-order valence-electron chi connectivity index (χ4n) is 3.41. The Balaban J connectivity index is 2.07. The number of aromatic nitrogens is 2. The van der Waals surface area contributed by atoms with Gasteiger partial charge in [0.25, 0.3) is 0 Å². The van der Waals surface area contributed by atoms with Gasteiger partial charge in [0.05, 0.1) is 18.2 Å². The van der Waals surface area contributed by atoms with E-state index in [0.29, 0.717) is 18.9 Å². The van der Waals surface area contributed by atoms with Gasteiger partial charge in [0, 0.05) is 36.8 Å². The van der Waals surface area contributed by atoms with Gasteiger partial charge >= 0.3 is 0 Å². The fourth-order valence-corrected chi connectivity index (χ4v) is 3.41. The minimum absolute atomic E-state index is 0.158. The van der Waals surface area contributed by atoms with Gasteiger partial charge in [-0.2, -0.15) is 5.10 Å². The second-order valence-corrected chi connectivity index (χ2v) is 7.38. The zero-order chi connectivity index (χ0) is 17.1. The average Bonchev–Trinajstić information content (AvgIpc) is 2.74. The van der Waals surface area contributed by atoms with Crippen LogP contribution in [-0.4, -0.2) is 44.9 Å². The third kappa shape index (κ3) is 4.34. The number of carbonyl (C=O) groups is 1. The molecule has 5 heteroatoms. The van der Waals surface area contributed by atoms with Crippen LogP contribution in [0.5, 0.6) is 0 Å². The molecule has 0 radical (unpaired) electrons. The zero-order valence-electron chi connectivity index (χ0n) is 15.2. The first-order valence-electron chi connectivity index (χ1n) is 8.78. The molecule has 130 valence electrons. The Morgan fingerprint density at radius 2 is 2.04 bits per heavy atom. The lowest BCUT2D eigenvalue weighted by Gasteiger charge is -2.34. The number of aliphatic hydroxyl groups excluding tert-OH is 1. The Bertz CT molecular complexity index is 549. The van der Waals surface area contributed by atoms with Gasteiger partial charge in [0.1, 0.15) is 0 Å². The predicted molar refractivity (Wildman–Crippen MR) is 91.2 cm³/mol. The number of aryl methyl sites for hydroxylation is 1. The van der Waals surface area contributed by atoms with Crippen LogP contribution in [0.15, 0.2) is 0 Å². The van der Waals surface area contributed by atoms with E-state index in [2.05, 4.69) is 25.9 Å². The number of hydrogen-bond acceptors (Lipinski definition) is 3. The van der Waals surface area contributed by atoms with E-state index < -0.39 is 0 Å². The fraction of sp³-hybridized carbons (Fsp3) is 0.778. The maximum absolute atomic E-state index is 12.7.